The van der Waals surface area contributed by atoms with E-state index in [0.717, 1.165) is 22.4 Å². The summed E-state index contributed by atoms with van der Waals surface area (Å²) >= 11 is 0. The number of rotatable bonds is 5. The summed E-state index contributed by atoms with van der Waals surface area (Å²) in [6.45, 7) is 8.18. The van der Waals surface area contributed by atoms with E-state index in [9.17, 15) is 14.7 Å². The molecule has 176 valence electrons. The lowest BCUT2D eigenvalue weighted by Gasteiger charge is -2.36. The van der Waals surface area contributed by atoms with Gasteiger partial charge in [-0.25, -0.2) is 4.79 Å². The molecule has 1 aliphatic carbocycles. The zero-order chi connectivity index (χ0) is 23.9. The van der Waals surface area contributed by atoms with E-state index in [2.05, 4.69) is 10.6 Å². The van der Waals surface area contributed by atoms with Crippen molar-refractivity contribution in [3.05, 3.63) is 64.7 Å². The molecule has 0 saturated heterocycles. The Bertz CT molecular complexity index is 1050. The van der Waals surface area contributed by atoms with Crippen molar-refractivity contribution in [1.29, 1.82) is 0 Å². The Morgan fingerprint density at radius 1 is 1.12 bits per heavy atom. The van der Waals surface area contributed by atoms with Crippen LogP contribution in [0.5, 0.6) is 0 Å². The highest BCUT2D eigenvalue weighted by Gasteiger charge is 2.45. The molecular weight excluding hydrogens is 418 g/mol. The Morgan fingerprint density at radius 2 is 1.82 bits per heavy atom. The summed E-state index contributed by atoms with van der Waals surface area (Å²) in [5.74, 6) is -0.269. The quantitative estimate of drug-likeness (QED) is 0.643. The van der Waals surface area contributed by atoms with Crippen LogP contribution in [0.1, 0.15) is 73.1 Å². The molecule has 3 atom stereocenters. The topological polar surface area (TPSA) is 90.9 Å². The van der Waals surface area contributed by atoms with Crippen LogP contribution in [0.3, 0.4) is 0 Å². The summed E-state index contributed by atoms with van der Waals surface area (Å²) in [4.78, 5) is 27.7. The molecule has 2 aromatic carbocycles. The lowest BCUT2D eigenvalue weighted by Crippen LogP contribution is -2.42. The van der Waals surface area contributed by atoms with Gasteiger partial charge in [0.05, 0.1) is 17.8 Å². The van der Waals surface area contributed by atoms with Crippen molar-refractivity contribution in [2.24, 2.45) is 0 Å². The minimum Gasteiger partial charge on any atom is -0.438 e. The molecule has 0 saturated carbocycles. The van der Waals surface area contributed by atoms with Crippen molar-refractivity contribution in [2.45, 2.75) is 63.8 Å². The van der Waals surface area contributed by atoms with E-state index in [4.69, 9.17) is 4.74 Å². The van der Waals surface area contributed by atoms with Gasteiger partial charge in [-0.15, -0.1) is 0 Å². The summed E-state index contributed by atoms with van der Waals surface area (Å²) < 4.78 is 5.96. The Labute approximate surface area is 195 Å². The molecule has 0 spiro atoms. The average Bonchev–Trinajstić information content (AvgIpc) is 3.15. The first kappa shape index (κ1) is 23.3. The first-order valence-corrected chi connectivity index (χ1v) is 11.5. The van der Waals surface area contributed by atoms with Crippen LogP contribution in [0.4, 0.5) is 10.5 Å². The SMILES string of the molecule is CNC(=O)c1ccc2c3c1C(NC(C)C)C(O)CC3CN2C(=O)OC(C)(C)c1ccccc1. The number of benzene rings is 2. The molecular formula is C26H33N3O4. The van der Waals surface area contributed by atoms with E-state index in [0.29, 0.717) is 18.5 Å². The number of hydrogen-bond donors (Lipinski definition) is 3. The molecule has 2 aliphatic rings. The van der Waals surface area contributed by atoms with Crippen LogP contribution in [0, 0.1) is 0 Å². The number of aliphatic hydroxyl groups excluding tert-OH is 1. The number of carbonyl (C=O) groups is 2. The number of hydrogen-bond acceptors (Lipinski definition) is 5. The van der Waals surface area contributed by atoms with E-state index >= 15 is 0 Å². The average molecular weight is 452 g/mol. The van der Waals surface area contributed by atoms with Crippen molar-refractivity contribution < 1.29 is 19.4 Å². The number of ether oxygens (including phenoxy) is 1. The molecule has 0 radical (unpaired) electrons. The first-order valence-electron chi connectivity index (χ1n) is 11.5. The van der Waals surface area contributed by atoms with Crippen LogP contribution in [-0.2, 0) is 10.3 Å². The fraction of sp³-hybridized carbons (Fsp3) is 0.462. The zero-order valence-corrected chi connectivity index (χ0v) is 19.9. The van der Waals surface area contributed by atoms with Crippen molar-refractivity contribution in [3.8, 4) is 0 Å². The standard InChI is InChI=1S/C26H33N3O4/c1-15(2)28-23-20(30)13-16-14-29(19-12-11-18(24(31)27-5)22(23)21(16)19)25(32)33-26(3,4)17-9-7-6-8-10-17/h6-12,15-16,20,23,28,30H,13-14H2,1-5H3,(H,27,31). The predicted octanol–water partition coefficient (Wildman–Crippen LogP) is 3.83. The molecule has 3 N–H and O–H groups in total. The van der Waals surface area contributed by atoms with Crippen LogP contribution < -0.4 is 15.5 Å². The minimum absolute atomic E-state index is 0.0628. The summed E-state index contributed by atoms with van der Waals surface area (Å²) in [5, 5.41) is 17.1. The molecule has 1 heterocycles. The van der Waals surface area contributed by atoms with Crippen molar-refractivity contribution in [1.82, 2.24) is 10.6 Å². The van der Waals surface area contributed by atoms with Crippen LogP contribution in [-0.4, -0.2) is 42.8 Å². The van der Waals surface area contributed by atoms with Gasteiger partial charge >= 0.3 is 6.09 Å². The monoisotopic (exact) mass is 451 g/mol. The highest BCUT2D eigenvalue weighted by atomic mass is 16.6. The number of amides is 2. The molecule has 3 unspecified atom stereocenters. The second kappa shape index (κ2) is 8.80. The third-order valence-corrected chi connectivity index (χ3v) is 6.60. The van der Waals surface area contributed by atoms with Gasteiger partial charge in [0.15, 0.2) is 0 Å². The number of nitrogens with zero attached hydrogens (tertiary/aromatic N) is 1. The molecule has 0 fully saturated rings. The molecule has 0 aromatic heterocycles. The Balaban J connectivity index is 1.73. The van der Waals surface area contributed by atoms with Gasteiger partial charge in [0.1, 0.15) is 5.60 Å². The molecule has 33 heavy (non-hydrogen) atoms. The van der Waals surface area contributed by atoms with Gasteiger partial charge in [0.25, 0.3) is 5.91 Å². The van der Waals surface area contributed by atoms with Gasteiger partial charge < -0.3 is 20.5 Å². The summed E-state index contributed by atoms with van der Waals surface area (Å²) in [6, 6.07) is 12.9. The second-order valence-electron chi connectivity index (χ2n) is 9.69. The number of nitrogens with one attached hydrogen (secondary N) is 2. The summed E-state index contributed by atoms with van der Waals surface area (Å²) in [6.07, 6.45) is -0.593. The van der Waals surface area contributed by atoms with Crippen molar-refractivity contribution in [2.75, 3.05) is 18.5 Å². The summed E-state index contributed by atoms with van der Waals surface area (Å²) in [7, 11) is 1.60. The Hall–Kier alpha value is -2.90. The summed E-state index contributed by atoms with van der Waals surface area (Å²) in [5.41, 5.74) is 3.11. The van der Waals surface area contributed by atoms with E-state index in [1.807, 2.05) is 64.1 Å². The molecule has 4 rings (SSSR count). The predicted molar refractivity (Wildman–Crippen MR) is 128 cm³/mol. The maximum atomic E-state index is 13.4. The van der Waals surface area contributed by atoms with Gasteiger partial charge in [-0.2, -0.15) is 0 Å². The molecule has 1 aliphatic heterocycles. The van der Waals surface area contributed by atoms with Gasteiger partial charge in [0.2, 0.25) is 0 Å². The van der Waals surface area contributed by atoms with E-state index in [1.165, 1.54) is 0 Å². The van der Waals surface area contributed by atoms with Crippen LogP contribution >= 0.6 is 0 Å². The Morgan fingerprint density at radius 3 is 2.45 bits per heavy atom. The highest BCUT2D eigenvalue weighted by molar-refractivity contribution is 5.99. The molecule has 0 bridgehead atoms. The lowest BCUT2D eigenvalue weighted by molar-refractivity contribution is 0.0412. The minimum atomic E-state index is -0.803. The largest absolute Gasteiger partial charge is 0.438 e. The van der Waals surface area contributed by atoms with Crippen LogP contribution in [0.2, 0.25) is 0 Å². The second-order valence-corrected chi connectivity index (χ2v) is 9.69. The highest BCUT2D eigenvalue weighted by Crippen LogP contribution is 2.49. The molecule has 2 amide bonds. The van der Waals surface area contributed by atoms with Crippen molar-refractivity contribution in [3.63, 3.8) is 0 Å². The normalized spacial score (nSPS) is 21.7. The number of aliphatic hydroxyl groups is 1. The van der Waals surface area contributed by atoms with E-state index in [1.54, 1.807) is 18.0 Å². The van der Waals surface area contributed by atoms with E-state index < -0.39 is 17.8 Å². The molecule has 7 heteroatoms. The van der Waals surface area contributed by atoms with Gasteiger partial charge in [-0.05, 0) is 49.1 Å². The maximum absolute atomic E-state index is 13.4. The van der Waals surface area contributed by atoms with Crippen LogP contribution in [0.15, 0.2) is 42.5 Å². The third kappa shape index (κ3) is 4.23. The fourth-order valence-corrected chi connectivity index (χ4v) is 5.08. The maximum Gasteiger partial charge on any atom is 0.415 e. The lowest BCUT2D eigenvalue weighted by atomic mass is 9.77. The molecule has 2 aromatic rings. The van der Waals surface area contributed by atoms with Gasteiger partial charge in [-0.3, -0.25) is 9.69 Å². The zero-order valence-electron chi connectivity index (χ0n) is 19.9. The third-order valence-electron chi connectivity index (χ3n) is 6.60. The van der Waals surface area contributed by atoms with Gasteiger partial charge in [-0.1, -0.05) is 44.2 Å². The van der Waals surface area contributed by atoms with Crippen LogP contribution in [0.25, 0.3) is 0 Å². The fourth-order valence-electron chi connectivity index (χ4n) is 5.08. The first-order chi connectivity index (χ1) is 15.6. The van der Waals surface area contributed by atoms with Crippen molar-refractivity contribution >= 4 is 17.7 Å². The van der Waals surface area contributed by atoms with Gasteiger partial charge in [0, 0.05) is 31.1 Å². The van der Waals surface area contributed by atoms with E-state index in [-0.39, 0.29) is 23.9 Å². The smallest absolute Gasteiger partial charge is 0.415 e. The number of anilines is 1. The Kier molecular flexibility index (Phi) is 6.20. The molecule has 7 nitrogen and oxygen atoms in total. The number of carbonyl (C=O) groups excluding carboxylic acids is 2.